The summed E-state index contributed by atoms with van der Waals surface area (Å²) in [7, 11) is 4.26. The van der Waals surface area contributed by atoms with Gasteiger partial charge in [-0.25, -0.2) is 14.8 Å². The van der Waals surface area contributed by atoms with Gasteiger partial charge in [-0.1, -0.05) is 25.6 Å². The van der Waals surface area contributed by atoms with E-state index >= 15 is 0 Å². The predicted molar refractivity (Wildman–Crippen MR) is 91.4 cm³/mol. The molecule has 0 aliphatic carbocycles. The van der Waals surface area contributed by atoms with Gasteiger partial charge in [0, 0.05) is 20.0 Å². The summed E-state index contributed by atoms with van der Waals surface area (Å²) in [6.07, 6.45) is 0. The minimum absolute atomic E-state index is 0.00124. The van der Waals surface area contributed by atoms with Crippen LogP contribution in [0.1, 0.15) is 32.5 Å². The van der Waals surface area contributed by atoms with Crippen molar-refractivity contribution in [1.29, 1.82) is 0 Å². The monoisotopic (exact) mass is 352 g/mol. The molecule has 0 aliphatic rings. The zero-order valence-electron chi connectivity index (χ0n) is 14.5. The van der Waals surface area contributed by atoms with Crippen molar-refractivity contribution in [1.82, 2.24) is 19.1 Å². The third kappa shape index (κ3) is 3.08. The van der Waals surface area contributed by atoms with Crippen molar-refractivity contribution in [3.63, 3.8) is 0 Å². The van der Waals surface area contributed by atoms with Gasteiger partial charge in [-0.05, 0) is 6.92 Å². The van der Waals surface area contributed by atoms with Crippen molar-refractivity contribution >= 4 is 28.8 Å². The number of aryl methyl sites for hydroxylation is 1. The molecule has 0 fully saturated rings. The lowest BCUT2D eigenvalue weighted by molar-refractivity contribution is -0.139. The van der Waals surface area contributed by atoms with E-state index in [9.17, 15) is 14.4 Å². The first kappa shape index (κ1) is 18.2. The van der Waals surface area contributed by atoms with Gasteiger partial charge in [-0.2, -0.15) is 0 Å². The third-order valence-corrected chi connectivity index (χ3v) is 4.69. The summed E-state index contributed by atoms with van der Waals surface area (Å²) >= 11 is 1.12. The molecule has 0 amide bonds. The number of ether oxygens (including phenoxy) is 1. The fourth-order valence-electron chi connectivity index (χ4n) is 2.17. The van der Waals surface area contributed by atoms with E-state index in [2.05, 4.69) is 9.97 Å². The van der Waals surface area contributed by atoms with Crippen molar-refractivity contribution in [3.8, 4) is 0 Å². The highest BCUT2D eigenvalue weighted by atomic mass is 32.2. The van der Waals surface area contributed by atoms with Gasteiger partial charge in [0.25, 0.3) is 5.56 Å². The normalized spacial score (nSPS) is 12.6. The molecule has 0 saturated heterocycles. The summed E-state index contributed by atoms with van der Waals surface area (Å²) in [4.78, 5) is 45.3. The number of aromatic nitrogens is 4. The highest BCUT2D eigenvalue weighted by molar-refractivity contribution is 8.00. The van der Waals surface area contributed by atoms with E-state index in [1.54, 1.807) is 14.0 Å². The third-order valence-electron chi connectivity index (χ3n) is 3.62. The Labute approximate surface area is 142 Å². The molecular weight excluding hydrogens is 332 g/mol. The smallest absolute Gasteiger partial charge is 0.332 e. The Balaban J connectivity index is 2.83. The average Bonchev–Trinajstić information content (AvgIpc) is 2.56. The Morgan fingerprint density at radius 3 is 2.29 bits per heavy atom. The Kier molecular flexibility index (Phi) is 5.12. The molecule has 0 aliphatic heterocycles. The van der Waals surface area contributed by atoms with Gasteiger partial charge in [0.05, 0.1) is 7.11 Å². The summed E-state index contributed by atoms with van der Waals surface area (Å²) in [5.74, 6) is 0.0890. The van der Waals surface area contributed by atoms with Crippen LogP contribution in [0.25, 0.3) is 11.0 Å². The molecule has 2 heterocycles. The molecule has 130 valence electrons. The maximum atomic E-state index is 12.6. The van der Waals surface area contributed by atoms with E-state index in [-0.39, 0.29) is 17.0 Å². The number of rotatable bonds is 4. The predicted octanol–water partition coefficient (Wildman–Crippen LogP) is 0.804. The second-order valence-electron chi connectivity index (χ2n) is 5.73. The van der Waals surface area contributed by atoms with Crippen LogP contribution in [-0.4, -0.2) is 37.4 Å². The van der Waals surface area contributed by atoms with Crippen LogP contribution >= 0.6 is 11.8 Å². The fourth-order valence-corrected chi connectivity index (χ4v) is 3.14. The Morgan fingerprint density at radius 1 is 1.12 bits per heavy atom. The van der Waals surface area contributed by atoms with Crippen LogP contribution in [0.2, 0.25) is 0 Å². The quantitative estimate of drug-likeness (QED) is 0.456. The molecule has 0 N–H and O–H groups in total. The van der Waals surface area contributed by atoms with E-state index in [1.165, 1.54) is 18.7 Å². The number of esters is 1. The van der Waals surface area contributed by atoms with Crippen LogP contribution in [0.4, 0.5) is 0 Å². The van der Waals surface area contributed by atoms with E-state index in [0.29, 0.717) is 10.9 Å². The molecule has 2 aromatic rings. The van der Waals surface area contributed by atoms with Crippen molar-refractivity contribution < 1.29 is 9.53 Å². The van der Waals surface area contributed by atoms with Crippen molar-refractivity contribution in [3.05, 3.63) is 26.7 Å². The topological polar surface area (TPSA) is 96.1 Å². The van der Waals surface area contributed by atoms with Crippen LogP contribution < -0.4 is 11.2 Å². The molecule has 0 saturated carbocycles. The molecule has 0 unspecified atom stereocenters. The molecular formula is C15H20N4O4S. The highest BCUT2D eigenvalue weighted by Gasteiger charge is 2.22. The molecule has 0 radical (unpaired) electrons. The van der Waals surface area contributed by atoms with Gasteiger partial charge in [-0.15, -0.1) is 0 Å². The van der Waals surface area contributed by atoms with Gasteiger partial charge < -0.3 is 4.74 Å². The SMILES string of the molecule is COC(=O)[C@@H](C)Sc1nc(C(C)C)nc2c1c(=O)n(C)c(=O)n2C. The number of methoxy groups -OCH3 is 1. The van der Waals surface area contributed by atoms with Crippen LogP contribution in [0.3, 0.4) is 0 Å². The zero-order valence-corrected chi connectivity index (χ0v) is 15.3. The molecule has 2 aromatic heterocycles. The second kappa shape index (κ2) is 6.76. The number of carbonyl (C=O) groups excluding carboxylic acids is 1. The number of hydrogen-bond acceptors (Lipinski definition) is 7. The Morgan fingerprint density at radius 2 is 1.75 bits per heavy atom. The van der Waals surface area contributed by atoms with E-state index < -0.39 is 22.5 Å². The van der Waals surface area contributed by atoms with Gasteiger partial charge >= 0.3 is 11.7 Å². The molecule has 8 nitrogen and oxygen atoms in total. The minimum atomic E-state index is -0.546. The molecule has 0 spiro atoms. The molecule has 2 rings (SSSR count). The van der Waals surface area contributed by atoms with Gasteiger partial charge in [-0.3, -0.25) is 18.7 Å². The van der Waals surface area contributed by atoms with Crippen molar-refractivity contribution in [2.45, 2.75) is 37.0 Å². The van der Waals surface area contributed by atoms with E-state index in [1.807, 2.05) is 13.8 Å². The average molecular weight is 352 g/mol. The Hall–Kier alpha value is -2.16. The molecule has 0 bridgehead atoms. The van der Waals surface area contributed by atoms with E-state index in [4.69, 9.17) is 4.74 Å². The lowest BCUT2D eigenvalue weighted by atomic mass is 10.2. The number of nitrogens with zero attached hydrogens (tertiary/aromatic N) is 4. The minimum Gasteiger partial charge on any atom is -0.468 e. The lowest BCUT2D eigenvalue weighted by Gasteiger charge is -2.14. The van der Waals surface area contributed by atoms with Gasteiger partial charge in [0.1, 0.15) is 21.5 Å². The van der Waals surface area contributed by atoms with Crippen LogP contribution in [0.5, 0.6) is 0 Å². The summed E-state index contributed by atoms with van der Waals surface area (Å²) in [5, 5.41) is 0.0533. The summed E-state index contributed by atoms with van der Waals surface area (Å²) in [5.41, 5.74) is -0.679. The first-order valence-corrected chi connectivity index (χ1v) is 8.29. The van der Waals surface area contributed by atoms with Crippen LogP contribution in [0, 0.1) is 0 Å². The first-order chi connectivity index (χ1) is 11.2. The van der Waals surface area contributed by atoms with E-state index in [0.717, 1.165) is 16.3 Å². The molecule has 24 heavy (non-hydrogen) atoms. The lowest BCUT2D eigenvalue weighted by Crippen LogP contribution is -2.38. The van der Waals surface area contributed by atoms with Crippen molar-refractivity contribution in [2.75, 3.05) is 7.11 Å². The standard InChI is InChI=1S/C15H20N4O4S/c1-7(2)10-16-11-9(13(20)19(5)15(22)18(11)4)12(17-10)24-8(3)14(21)23-6/h7-8H,1-6H3/t8-/m1/s1. The van der Waals surface area contributed by atoms with Crippen molar-refractivity contribution in [2.24, 2.45) is 14.1 Å². The fraction of sp³-hybridized carbons (Fsp3) is 0.533. The highest BCUT2D eigenvalue weighted by Crippen LogP contribution is 2.28. The number of fused-ring (bicyclic) bond motifs is 1. The maximum absolute atomic E-state index is 12.6. The zero-order chi connectivity index (χ0) is 18.2. The largest absolute Gasteiger partial charge is 0.468 e. The summed E-state index contributed by atoms with van der Waals surface area (Å²) < 4.78 is 7.05. The summed E-state index contributed by atoms with van der Waals surface area (Å²) in [6.45, 7) is 5.50. The van der Waals surface area contributed by atoms with Gasteiger partial charge in [0.15, 0.2) is 5.65 Å². The molecule has 0 aromatic carbocycles. The Bertz CT molecular complexity index is 916. The van der Waals surface area contributed by atoms with Gasteiger partial charge in [0.2, 0.25) is 0 Å². The number of hydrogen-bond donors (Lipinski definition) is 0. The first-order valence-electron chi connectivity index (χ1n) is 7.41. The number of thioether (sulfide) groups is 1. The molecule has 9 heteroatoms. The maximum Gasteiger partial charge on any atom is 0.332 e. The second-order valence-corrected chi connectivity index (χ2v) is 7.06. The number of carbonyl (C=O) groups is 1. The van der Waals surface area contributed by atoms with Crippen LogP contribution in [0.15, 0.2) is 14.6 Å². The summed E-state index contributed by atoms with van der Waals surface area (Å²) in [6, 6.07) is 0. The van der Waals surface area contributed by atoms with Crippen LogP contribution in [-0.2, 0) is 23.6 Å². The molecule has 1 atom stereocenters.